The fourth-order valence-electron chi connectivity index (χ4n) is 5.24. The molecule has 1 saturated heterocycles. The van der Waals surface area contributed by atoms with Crippen LogP contribution in [-0.4, -0.2) is 46.5 Å². The van der Waals surface area contributed by atoms with Crippen molar-refractivity contribution in [2.75, 3.05) is 29.1 Å². The molecule has 1 aromatic carbocycles. The molecule has 0 radical (unpaired) electrons. The van der Waals surface area contributed by atoms with Gasteiger partial charge in [-0.3, -0.25) is 14.5 Å². The molecule has 2 aromatic heterocycles. The van der Waals surface area contributed by atoms with Crippen molar-refractivity contribution in [3.8, 4) is 0 Å². The minimum atomic E-state index is -0.420. The van der Waals surface area contributed by atoms with E-state index in [-0.39, 0.29) is 29.7 Å². The molecule has 3 aliphatic rings. The molecule has 6 rings (SSSR count). The number of ether oxygens (including phenoxy) is 1. The van der Waals surface area contributed by atoms with Gasteiger partial charge in [0.15, 0.2) is 0 Å². The van der Waals surface area contributed by atoms with Gasteiger partial charge in [0, 0.05) is 6.07 Å². The Morgan fingerprint density at radius 2 is 2.06 bits per heavy atom. The van der Waals surface area contributed by atoms with Crippen LogP contribution in [-0.2, 0) is 9.53 Å². The van der Waals surface area contributed by atoms with E-state index in [1.165, 1.54) is 16.7 Å². The van der Waals surface area contributed by atoms with Gasteiger partial charge in [0.2, 0.25) is 5.91 Å². The number of benzene rings is 1. The maximum Gasteiger partial charge on any atom is 0.415 e. The number of aromatic nitrogens is 2. The number of pyridine rings is 2. The van der Waals surface area contributed by atoms with Gasteiger partial charge >= 0.3 is 6.09 Å². The van der Waals surface area contributed by atoms with Crippen molar-refractivity contribution in [3.05, 3.63) is 58.4 Å². The number of nitrogens with zero attached hydrogens (tertiary/aromatic N) is 3. The second kappa shape index (κ2) is 8.69. The number of cyclic esters (lactones) is 1. The average Bonchev–Trinajstić information content (AvgIpc) is 3.36. The summed E-state index contributed by atoms with van der Waals surface area (Å²) < 4.78 is 7.46. The number of nitrogens with one attached hydrogen (secondary N) is 2. The Bertz CT molecular complexity index is 1410. The van der Waals surface area contributed by atoms with Gasteiger partial charge in [-0.15, -0.1) is 11.8 Å². The van der Waals surface area contributed by atoms with Gasteiger partial charge in [-0.05, 0) is 55.5 Å². The summed E-state index contributed by atoms with van der Waals surface area (Å²) in [6, 6.07) is 13.4. The molecule has 3 atom stereocenters. The summed E-state index contributed by atoms with van der Waals surface area (Å²) in [5, 5.41) is 7.45. The van der Waals surface area contributed by atoms with Gasteiger partial charge in [-0.25, -0.2) is 9.78 Å². The molecule has 0 bridgehead atoms. The van der Waals surface area contributed by atoms with Gasteiger partial charge in [0.05, 0.1) is 34.8 Å². The molecule has 10 heteroatoms. The van der Waals surface area contributed by atoms with Crippen molar-refractivity contribution in [1.82, 2.24) is 14.9 Å². The van der Waals surface area contributed by atoms with E-state index in [1.54, 1.807) is 12.1 Å². The van der Waals surface area contributed by atoms with Crippen LogP contribution in [0.1, 0.15) is 37.4 Å². The predicted octanol–water partition coefficient (Wildman–Crippen LogP) is 3.45. The Hall–Kier alpha value is -3.37. The molecule has 2 N–H and O–H groups in total. The third-order valence-electron chi connectivity index (χ3n) is 6.88. The molecule has 3 aromatic rings. The first-order chi connectivity index (χ1) is 17.0. The summed E-state index contributed by atoms with van der Waals surface area (Å²) in [5.74, 6) is 1.24. The molecule has 1 fully saturated rings. The maximum atomic E-state index is 12.5. The van der Waals surface area contributed by atoms with Crippen LogP contribution in [0, 0.1) is 0 Å². The lowest BCUT2D eigenvalue weighted by Gasteiger charge is -2.20. The summed E-state index contributed by atoms with van der Waals surface area (Å²) in [7, 11) is 0. The first-order valence-corrected chi connectivity index (χ1v) is 12.8. The van der Waals surface area contributed by atoms with Crippen LogP contribution >= 0.6 is 11.8 Å². The second-order valence-corrected chi connectivity index (χ2v) is 10.1. The SMILES string of the molecule is CC1C(NCCC[C@@H]2CN(c3ccc4c(n3)NC(=O)CS4)C(=O)O2)c2cccc3ccc(=O)n1c23. The highest BCUT2D eigenvalue weighted by molar-refractivity contribution is 8.00. The maximum absolute atomic E-state index is 12.5. The Morgan fingerprint density at radius 3 is 2.94 bits per heavy atom. The van der Waals surface area contributed by atoms with E-state index < -0.39 is 6.09 Å². The molecule has 0 spiro atoms. The Morgan fingerprint density at radius 1 is 1.17 bits per heavy atom. The first kappa shape index (κ1) is 22.1. The highest BCUT2D eigenvalue weighted by Crippen LogP contribution is 2.38. The molecule has 35 heavy (non-hydrogen) atoms. The Balaban J connectivity index is 1.07. The monoisotopic (exact) mass is 491 g/mol. The minimum Gasteiger partial charge on any atom is -0.444 e. The van der Waals surface area contributed by atoms with Gasteiger partial charge in [-0.2, -0.15) is 0 Å². The minimum absolute atomic E-state index is 0.0219. The Labute approximate surface area is 205 Å². The van der Waals surface area contributed by atoms with Crippen LogP contribution in [0.25, 0.3) is 10.9 Å². The standard InChI is InChI=1S/C25H25N5O4S/c1-14-22(17-6-2-4-15-7-10-21(32)30(14)23(15)17)26-11-3-5-16-12-29(25(33)34-16)19-9-8-18-24(27-19)28-20(31)13-35-18/h2,4,6-10,14,16,22,26H,3,5,11-13H2,1H3,(H,27,28,31)/t14?,16-,22?/m1/s1. The van der Waals surface area contributed by atoms with E-state index in [2.05, 4.69) is 28.6 Å². The normalized spacial score (nSPS) is 22.9. The third-order valence-corrected chi connectivity index (χ3v) is 7.93. The van der Waals surface area contributed by atoms with Crippen LogP contribution < -0.4 is 21.1 Å². The lowest BCUT2D eigenvalue weighted by Crippen LogP contribution is -2.29. The summed E-state index contributed by atoms with van der Waals surface area (Å²) in [5.41, 5.74) is 2.18. The topological polar surface area (TPSA) is 106 Å². The quantitative estimate of drug-likeness (QED) is 0.509. The number of hydrogen-bond donors (Lipinski definition) is 2. The molecular weight excluding hydrogens is 466 g/mol. The average molecular weight is 492 g/mol. The highest BCUT2D eigenvalue weighted by atomic mass is 32.2. The predicted molar refractivity (Wildman–Crippen MR) is 134 cm³/mol. The van der Waals surface area contributed by atoms with E-state index in [4.69, 9.17) is 4.74 Å². The number of hydrogen-bond acceptors (Lipinski definition) is 7. The molecule has 5 heterocycles. The molecule has 0 aliphatic carbocycles. The zero-order valence-electron chi connectivity index (χ0n) is 19.2. The van der Waals surface area contributed by atoms with Crippen LogP contribution in [0.15, 0.2) is 52.2 Å². The summed E-state index contributed by atoms with van der Waals surface area (Å²) >= 11 is 1.43. The van der Waals surface area contributed by atoms with Crippen molar-refractivity contribution in [1.29, 1.82) is 0 Å². The van der Waals surface area contributed by atoms with Gasteiger partial charge in [0.25, 0.3) is 5.56 Å². The van der Waals surface area contributed by atoms with Crippen LogP contribution in [0.2, 0.25) is 0 Å². The summed E-state index contributed by atoms with van der Waals surface area (Å²) in [6.07, 6.45) is 0.886. The lowest BCUT2D eigenvalue weighted by atomic mass is 10.0. The van der Waals surface area contributed by atoms with E-state index in [9.17, 15) is 14.4 Å². The number of para-hydroxylation sites is 1. The van der Waals surface area contributed by atoms with E-state index in [0.717, 1.165) is 34.3 Å². The number of rotatable bonds is 6. The number of fused-ring (bicyclic) bond motifs is 1. The molecule has 2 unspecified atom stereocenters. The van der Waals surface area contributed by atoms with Crippen LogP contribution in [0.3, 0.4) is 0 Å². The van der Waals surface area contributed by atoms with E-state index in [1.807, 2.05) is 28.8 Å². The summed E-state index contributed by atoms with van der Waals surface area (Å²) in [6.45, 7) is 3.23. The van der Waals surface area contributed by atoms with Crippen molar-refractivity contribution in [2.45, 2.75) is 42.8 Å². The van der Waals surface area contributed by atoms with E-state index in [0.29, 0.717) is 30.4 Å². The number of thioether (sulfide) groups is 1. The van der Waals surface area contributed by atoms with Gasteiger partial charge < -0.3 is 19.9 Å². The molecule has 9 nitrogen and oxygen atoms in total. The molecule has 180 valence electrons. The third kappa shape index (κ3) is 3.86. The van der Waals surface area contributed by atoms with E-state index >= 15 is 0 Å². The highest BCUT2D eigenvalue weighted by Gasteiger charge is 2.34. The van der Waals surface area contributed by atoms with Gasteiger partial charge in [-0.1, -0.05) is 18.2 Å². The fourth-order valence-corrected chi connectivity index (χ4v) is 6.00. The van der Waals surface area contributed by atoms with Crippen molar-refractivity contribution >= 4 is 46.3 Å². The lowest BCUT2D eigenvalue weighted by molar-refractivity contribution is -0.113. The molecular formula is C25H25N5O4S. The number of carbonyl (C=O) groups is 2. The number of amides is 2. The molecule has 2 amide bonds. The first-order valence-electron chi connectivity index (χ1n) is 11.8. The molecule has 0 saturated carbocycles. The number of carbonyl (C=O) groups excluding carboxylic acids is 2. The smallest absolute Gasteiger partial charge is 0.415 e. The fraction of sp³-hybridized carbons (Fsp3) is 0.360. The zero-order chi connectivity index (χ0) is 24.1. The Kier molecular flexibility index (Phi) is 5.49. The van der Waals surface area contributed by atoms with Gasteiger partial charge in [0.1, 0.15) is 17.7 Å². The van der Waals surface area contributed by atoms with Crippen molar-refractivity contribution in [3.63, 3.8) is 0 Å². The second-order valence-electron chi connectivity index (χ2n) is 9.11. The number of anilines is 2. The summed E-state index contributed by atoms with van der Waals surface area (Å²) in [4.78, 5) is 43.5. The largest absolute Gasteiger partial charge is 0.444 e. The van der Waals surface area contributed by atoms with Crippen LogP contribution in [0.4, 0.5) is 16.4 Å². The van der Waals surface area contributed by atoms with Crippen molar-refractivity contribution < 1.29 is 14.3 Å². The zero-order valence-corrected chi connectivity index (χ0v) is 20.0. The van der Waals surface area contributed by atoms with Crippen molar-refractivity contribution in [2.24, 2.45) is 0 Å². The molecule has 3 aliphatic heterocycles. The van der Waals surface area contributed by atoms with Crippen LogP contribution in [0.5, 0.6) is 0 Å².